The van der Waals surface area contributed by atoms with Gasteiger partial charge < -0.3 is 10.3 Å². The van der Waals surface area contributed by atoms with Crippen LogP contribution in [0.15, 0.2) is 42.6 Å². The third-order valence-corrected chi connectivity index (χ3v) is 2.62. The Bertz CT molecular complexity index is 429. The maximum absolute atomic E-state index is 5.64. The SMILES string of the molecule is Cn1cc(Cc2ccccc2)cc1CN. The van der Waals surface area contributed by atoms with Gasteiger partial charge in [-0.3, -0.25) is 0 Å². The van der Waals surface area contributed by atoms with E-state index < -0.39 is 0 Å². The summed E-state index contributed by atoms with van der Waals surface area (Å²) >= 11 is 0. The van der Waals surface area contributed by atoms with Crippen molar-refractivity contribution >= 4 is 0 Å². The van der Waals surface area contributed by atoms with Crippen molar-refractivity contribution in [1.82, 2.24) is 4.57 Å². The van der Waals surface area contributed by atoms with Gasteiger partial charge in [0.05, 0.1) is 0 Å². The van der Waals surface area contributed by atoms with Gasteiger partial charge in [0.1, 0.15) is 0 Å². The van der Waals surface area contributed by atoms with Crippen LogP contribution in [0.4, 0.5) is 0 Å². The van der Waals surface area contributed by atoms with Crippen molar-refractivity contribution < 1.29 is 0 Å². The first-order valence-electron chi connectivity index (χ1n) is 5.17. The molecule has 0 saturated heterocycles. The molecule has 0 radical (unpaired) electrons. The molecular formula is C13H16N2. The fourth-order valence-electron chi connectivity index (χ4n) is 1.82. The van der Waals surface area contributed by atoms with Crippen molar-refractivity contribution in [3.8, 4) is 0 Å². The number of nitrogens with two attached hydrogens (primary N) is 1. The predicted octanol–water partition coefficient (Wildman–Crippen LogP) is 2.07. The fraction of sp³-hybridized carbons (Fsp3) is 0.231. The van der Waals surface area contributed by atoms with Gasteiger partial charge in [0.15, 0.2) is 0 Å². The number of rotatable bonds is 3. The molecule has 2 rings (SSSR count). The van der Waals surface area contributed by atoms with E-state index in [0.29, 0.717) is 6.54 Å². The molecule has 0 spiro atoms. The van der Waals surface area contributed by atoms with Crippen molar-refractivity contribution in [2.75, 3.05) is 0 Å². The quantitative estimate of drug-likeness (QED) is 0.808. The minimum absolute atomic E-state index is 0.602. The Morgan fingerprint density at radius 2 is 1.87 bits per heavy atom. The Morgan fingerprint density at radius 1 is 1.13 bits per heavy atom. The lowest BCUT2D eigenvalue weighted by molar-refractivity contribution is 0.823. The molecule has 0 aliphatic heterocycles. The molecule has 1 aromatic carbocycles. The van der Waals surface area contributed by atoms with E-state index in [1.165, 1.54) is 16.8 Å². The van der Waals surface area contributed by atoms with Crippen LogP contribution in [0.5, 0.6) is 0 Å². The predicted molar refractivity (Wildman–Crippen MR) is 62.6 cm³/mol. The lowest BCUT2D eigenvalue weighted by Gasteiger charge is -1.97. The normalized spacial score (nSPS) is 10.5. The number of hydrogen-bond acceptors (Lipinski definition) is 1. The summed E-state index contributed by atoms with van der Waals surface area (Å²) in [7, 11) is 2.04. The molecule has 78 valence electrons. The van der Waals surface area contributed by atoms with Crippen LogP contribution in [0.25, 0.3) is 0 Å². The summed E-state index contributed by atoms with van der Waals surface area (Å²) in [5.41, 5.74) is 9.48. The molecule has 0 aliphatic rings. The highest BCUT2D eigenvalue weighted by atomic mass is 14.9. The lowest BCUT2D eigenvalue weighted by atomic mass is 10.1. The van der Waals surface area contributed by atoms with Crippen LogP contribution < -0.4 is 5.73 Å². The summed E-state index contributed by atoms with van der Waals surface area (Å²) in [6.45, 7) is 0.602. The maximum Gasteiger partial charge on any atom is 0.0334 e. The minimum atomic E-state index is 0.602. The number of benzene rings is 1. The highest BCUT2D eigenvalue weighted by Gasteiger charge is 2.01. The second kappa shape index (κ2) is 4.32. The van der Waals surface area contributed by atoms with Crippen LogP contribution in [0.1, 0.15) is 16.8 Å². The van der Waals surface area contributed by atoms with Crippen molar-refractivity contribution in [2.45, 2.75) is 13.0 Å². The largest absolute Gasteiger partial charge is 0.353 e. The average Bonchev–Trinajstić information content (AvgIpc) is 2.60. The van der Waals surface area contributed by atoms with E-state index in [4.69, 9.17) is 5.73 Å². The molecular weight excluding hydrogens is 184 g/mol. The van der Waals surface area contributed by atoms with Gasteiger partial charge in [-0.05, 0) is 23.6 Å². The third kappa shape index (κ3) is 2.28. The summed E-state index contributed by atoms with van der Waals surface area (Å²) in [6.07, 6.45) is 3.13. The van der Waals surface area contributed by atoms with Gasteiger partial charge in [0.2, 0.25) is 0 Å². The zero-order valence-electron chi connectivity index (χ0n) is 8.98. The molecule has 0 bridgehead atoms. The molecule has 0 fully saturated rings. The maximum atomic E-state index is 5.64. The van der Waals surface area contributed by atoms with Gasteiger partial charge in [-0.2, -0.15) is 0 Å². The van der Waals surface area contributed by atoms with Gasteiger partial charge in [-0.15, -0.1) is 0 Å². The second-order valence-corrected chi connectivity index (χ2v) is 3.82. The van der Waals surface area contributed by atoms with E-state index in [-0.39, 0.29) is 0 Å². The highest BCUT2D eigenvalue weighted by Crippen LogP contribution is 2.12. The van der Waals surface area contributed by atoms with Gasteiger partial charge in [0, 0.05) is 25.5 Å². The highest BCUT2D eigenvalue weighted by molar-refractivity contribution is 5.27. The first-order valence-corrected chi connectivity index (χ1v) is 5.17. The van der Waals surface area contributed by atoms with E-state index in [1.54, 1.807) is 0 Å². The minimum Gasteiger partial charge on any atom is -0.353 e. The second-order valence-electron chi connectivity index (χ2n) is 3.82. The Hall–Kier alpha value is -1.54. The van der Waals surface area contributed by atoms with Crippen molar-refractivity contribution in [3.05, 3.63) is 59.4 Å². The summed E-state index contributed by atoms with van der Waals surface area (Å²) in [4.78, 5) is 0. The molecule has 0 atom stereocenters. The summed E-state index contributed by atoms with van der Waals surface area (Å²) in [5, 5.41) is 0. The summed E-state index contributed by atoms with van der Waals surface area (Å²) in [5.74, 6) is 0. The molecule has 15 heavy (non-hydrogen) atoms. The van der Waals surface area contributed by atoms with E-state index in [9.17, 15) is 0 Å². The molecule has 0 unspecified atom stereocenters. The monoisotopic (exact) mass is 200 g/mol. The zero-order chi connectivity index (χ0) is 10.7. The number of hydrogen-bond donors (Lipinski definition) is 1. The molecule has 0 aliphatic carbocycles. The molecule has 2 nitrogen and oxygen atoms in total. The standard InChI is InChI=1S/C13H16N2/c1-15-10-12(8-13(15)9-14)7-11-5-3-2-4-6-11/h2-6,8,10H,7,9,14H2,1H3. The topological polar surface area (TPSA) is 30.9 Å². The van der Waals surface area contributed by atoms with E-state index >= 15 is 0 Å². The fourth-order valence-corrected chi connectivity index (χ4v) is 1.82. The molecule has 0 amide bonds. The Kier molecular flexibility index (Phi) is 2.88. The number of aromatic nitrogens is 1. The first-order chi connectivity index (χ1) is 7.29. The molecule has 2 aromatic rings. The first kappa shape index (κ1) is 9.99. The Balaban J connectivity index is 2.18. The summed E-state index contributed by atoms with van der Waals surface area (Å²) < 4.78 is 2.10. The van der Waals surface area contributed by atoms with Gasteiger partial charge in [0.25, 0.3) is 0 Å². The number of nitrogens with zero attached hydrogens (tertiary/aromatic N) is 1. The smallest absolute Gasteiger partial charge is 0.0334 e. The van der Waals surface area contributed by atoms with Gasteiger partial charge in [-0.1, -0.05) is 30.3 Å². The lowest BCUT2D eigenvalue weighted by Crippen LogP contribution is -2.01. The van der Waals surface area contributed by atoms with Crippen LogP contribution in [-0.2, 0) is 20.0 Å². The van der Waals surface area contributed by atoms with Crippen molar-refractivity contribution in [2.24, 2.45) is 12.8 Å². The Morgan fingerprint density at radius 3 is 2.47 bits per heavy atom. The van der Waals surface area contributed by atoms with E-state index in [0.717, 1.165) is 6.42 Å². The molecule has 2 N–H and O–H groups in total. The van der Waals surface area contributed by atoms with Crippen LogP contribution in [0.3, 0.4) is 0 Å². The summed E-state index contributed by atoms with van der Waals surface area (Å²) in [6, 6.07) is 12.7. The Labute approximate surface area is 90.3 Å². The third-order valence-electron chi connectivity index (χ3n) is 2.62. The average molecular weight is 200 g/mol. The molecule has 2 heteroatoms. The zero-order valence-corrected chi connectivity index (χ0v) is 8.98. The van der Waals surface area contributed by atoms with Crippen LogP contribution in [0, 0.1) is 0 Å². The van der Waals surface area contributed by atoms with Crippen LogP contribution >= 0.6 is 0 Å². The number of aryl methyl sites for hydroxylation is 1. The van der Waals surface area contributed by atoms with Crippen LogP contribution in [-0.4, -0.2) is 4.57 Å². The molecule has 1 aromatic heterocycles. The van der Waals surface area contributed by atoms with Crippen molar-refractivity contribution in [3.63, 3.8) is 0 Å². The molecule has 1 heterocycles. The van der Waals surface area contributed by atoms with Gasteiger partial charge >= 0.3 is 0 Å². The van der Waals surface area contributed by atoms with E-state index in [2.05, 4.69) is 41.1 Å². The van der Waals surface area contributed by atoms with Gasteiger partial charge in [-0.25, -0.2) is 0 Å². The van der Waals surface area contributed by atoms with Crippen LogP contribution in [0.2, 0.25) is 0 Å². The van der Waals surface area contributed by atoms with E-state index in [1.807, 2.05) is 13.1 Å². The van der Waals surface area contributed by atoms with Crippen molar-refractivity contribution in [1.29, 1.82) is 0 Å². The molecule has 0 saturated carbocycles.